The van der Waals surface area contributed by atoms with E-state index in [1.807, 2.05) is 24.3 Å². The lowest BCUT2D eigenvalue weighted by atomic mass is 10.1. The molecule has 1 aliphatic rings. The summed E-state index contributed by atoms with van der Waals surface area (Å²) in [6.45, 7) is 0. The first-order valence-electron chi connectivity index (χ1n) is 5.34. The van der Waals surface area contributed by atoms with Crippen LogP contribution in [0.25, 0.3) is 0 Å². The lowest BCUT2D eigenvalue weighted by molar-refractivity contribution is -0.119. The van der Waals surface area contributed by atoms with Gasteiger partial charge in [0.2, 0.25) is 5.91 Å². The molecule has 0 heterocycles. The number of benzene rings is 1. The molecule has 0 aliphatic heterocycles. The highest BCUT2D eigenvalue weighted by Gasteiger charge is 2.21. The molecule has 0 spiro atoms. The third-order valence-corrected chi connectivity index (χ3v) is 2.58. The molecule has 0 saturated heterocycles. The minimum atomic E-state index is 0.0556. The van der Waals surface area contributed by atoms with Gasteiger partial charge in [-0.3, -0.25) is 4.79 Å². The molecule has 15 heavy (non-hydrogen) atoms. The van der Waals surface area contributed by atoms with Gasteiger partial charge in [0.1, 0.15) is 0 Å². The van der Waals surface area contributed by atoms with Crippen LogP contribution in [0.2, 0.25) is 0 Å². The molecule has 80 valence electrons. The molecule has 1 amide bonds. The zero-order valence-corrected chi connectivity index (χ0v) is 8.92. The highest BCUT2D eigenvalue weighted by Crippen LogP contribution is 2.26. The summed E-state index contributed by atoms with van der Waals surface area (Å²) in [6, 6.07) is 8.63. The van der Waals surface area contributed by atoms with Crippen molar-refractivity contribution in [2.24, 2.45) is 0 Å². The van der Waals surface area contributed by atoms with Gasteiger partial charge in [0.25, 0.3) is 0 Å². The Morgan fingerprint density at radius 3 is 2.80 bits per heavy atom. The predicted molar refractivity (Wildman–Crippen MR) is 60.9 cm³/mol. The van der Waals surface area contributed by atoms with Gasteiger partial charge < -0.3 is 10.6 Å². The van der Waals surface area contributed by atoms with Crippen LogP contribution < -0.4 is 10.6 Å². The second-order valence-corrected chi connectivity index (χ2v) is 3.93. The van der Waals surface area contributed by atoms with Gasteiger partial charge in [-0.15, -0.1) is 0 Å². The van der Waals surface area contributed by atoms with Crippen molar-refractivity contribution in [2.75, 3.05) is 12.4 Å². The van der Waals surface area contributed by atoms with Gasteiger partial charge >= 0.3 is 0 Å². The van der Waals surface area contributed by atoms with Crippen LogP contribution in [0.3, 0.4) is 0 Å². The Balaban J connectivity index is 2.09. The summed E-state index contributed by atoms with van der Waals surface area (Å²) in [6.07, 6.45) is 2.94. The molecule has 1 aliphatic carbocycles. The molecule has 1 aromatic carbocycles. The van der Waals surface area contributed by atoms with E-state index < -0.39 is 0 Å². The average molecular weight is 204 g/mol. The Morgan fingerprint density at radius 2 is 2.13 bits per heavy atom. The Bertz CT molecular complexity index is 358. The predicted octanol–water partition coefficient (Wildman–Crippen LogP) is 1.55. The van der Waals surface area contributed by atoms with Crippen LogP contribution in [0.4, 0.5) is 5.69 Å². The number of nitrogens with one attached hydrogen (secondary N) is 2. The second kappa shape index (κ2) is 4.34. The molecule has 0 atom stereocenters. The molecule has 0 unspecified atom stereocenters. The van der Waals surface area contributed by atoms with E-state index in [0.717, 1.165) is 11.3 Å². The van der Waals surface area contributed by atoms with Crippen LogP contribution in [-0.2, 0) is 11.2 Å². The number of likely N-dealkylation sites (N-methyl/N-ethyl adjacent to an activating group) is 1. The van der Waals surface area contributed by atoms with E-state index in [1.54, 1.807) is 7.05 Å². The molecule has 3 heteroatoms. The summed E-state index contributed by atoms with van der Waals surface area (Å²) >= 11 is 0. The Labute approximate surface area is 89.9 Å². The van der Waals surface area contributed by atoms with Gasteiger partial charge in [0.15, 0.2) is 0 Å². The lowest BCUT2D eigenvalue weighted by Gasteiger charge is -2.10. The first kappa shape index (κ1) is 10.0. The van der Waals surface area contributed by atoms with Gasteiger partial charge in [-0.2, -0.15) is 0 Å². The van der Waals surface area contributed by atoms with Crippen LogP contribution in [0.15, 0.2) is 24.3 Å². The molecule has 0 radical (unpaired) electrons. The molecule has 0 bridgehead atoms. The maximum atomic E-state index is 11.3. The maximum absolute atomic E-state index is 11.3. The minimum absolute atomic E-state index is 0.0556. The van der Waals surface area contributed by atoms with Gasteiger partial charge in [-0.05, 0) is 24.5 Å². The number of hydrogen-bond donors (Lipinski definition) is 2. The monoisotopic (exact) mass is 204 g/mol. The van der Waals surface area contributed by atoms with Crippen molar-refractivity contribution >= 4 is 11.6 Å². The summed E-state index contributed by atoms with van der Waals surface area (Å²) in [4.78, 5) is 11.3. The molecule has 1 fully saturated rings. The molecule has 2 N–H and O–H groups in total. The van der Waals surface area contributed by atoms with E-state index >= 15 is 0 Å². The van der Waals surface area contributed by atoms with E-state index in [0.29, 0.717) is 12.5 Å². The zero-order chi connectivity index (χ0) is 10.7. The minimum Gasteiger partial charge on any atom is -0.382 e. The number of rotatable bonds is 4. The van der Waals surface area contributed by atoms with Crippen LogP contribution in [0.1, 0.15) is 18.4 Å². The Kier molecular flexibility index (Phi) is 2.90. The summed E-state index contributed by atoms with van der Waals surface area (Å²) in [5.41, 5.74) is 2.17. The van der Waals surface area contributed by atoms with Crippen LogP contribution in [-0.4, -0.2) is 19.0 Å². The van der Waals surface area contributed by atoms with Crippen LogP contribution >= 0.6 is 0 Å². The van der Waals surface area contributed by atoms with Gasteiger partial charge in [0, 0.05) is 18.8 Å². The normalized spacial score (nSPS) is 14.7. The Hall–Kier alpha value is -1.51. The molecule has 1 saturated carbocycles. The third-order valence-electron chi connectivity index (χ3n) is 2.58. The first-order valence-corrected chi connectivity index (χ1v) is 5.34. The SMILES string of the molecule is CNC(=O)Cc1ccccc1NC1CC1. The molecule has 1 aromatic rings. The third kappa shape index (κ3) is 2.72. The van der Waals surface area contributed by atoms with Crippen molar-refractivity contribution in [3.05, 3.63) is 29.8 Å². The molecular weight excluding hydrogens is 188 g/mol. The van der Waals surface area contributed by atoms with Crippen molar-refractivity contribution in [3.63, 3.8) is 0 Å². The Morgan fingerprint density at radius 1 is 1.40 bits per heavy atom. The fraction of sp³-hybridized carbons (Fsp3) is 0.417. The van der Waals surface area contributed by atoms with Crippen molar-refractivity contribution in [1.29, 1.82) is 0 Å². The fourth-order valence-corrected chi connectivity index (χ4v) is 1.52. The summed E-state index contributed by atoms with van der Waals surface area (Å²) in [5, 5.41) is 6.08. The number of para-hydroxylation sites is 1. The molecule has 0 aromatic heterocycles. The highest BCUT2D eigenvalue weighted by molar-refractivity contribution is 5.80. The number of carbonyl (C=O) groups is 1. The maximum Gasteiger partial charge on any atom is 0.224 e. The molecule has 2 rings (SSSR count). The van der Waals surface area contributed by atoms with Gasteiger partial charge in [0.05, 0.1) is 6.42 Å². The second-order valence-electron chi connectivity index (χ2n) is 3.93. The largest absolute Gasteiger partial charge is 0.382 e. The number of carbonyl (C=O) groups excluding carboxylic acids is 1. The lowest BCUT2D eigenvalue weighted by Crippen LogP contribution is -2.20. The summed E-state index contributed by atoms with van der Waals surface area (Å²) in [5.74, 6) is 0.0556. The summed E-state index contributed by atoms with van der Waals surface area (Å²) in [7, 11) is 1.67. The van der Waals surface area contributed by atoms with Crippen LogP contribution in [0, 0.1) is 0 Å². The smallest absolute Gasteiger partial charge is 0.224 e. The number of anilines is 1. The van der Waals surface area contributed by atoms with Gasteiger partial charge in [-0.1, -0.05) is 18.2 Å². The topological polar surface area (TPSA) is 41.1 Å². The van der Waals surface area contributed by atoms with Crippen molar-refractivity contribution in [2.45, 2.75) is 25.3 Å². The number of amides is 1. The highest BCUT2D eigenvalue weighted by atomic mass is 16.1. The summed E-state index contributed by atoms with van der Waals surface area (Å²) < 4.78 is 0. The van der Waals surface area contributed by atoms with Crippen molar-refractivity contribution in [1.82, 2.24) is 5.32 Å². The van der Waals surface area contributed by atoms with E-state index in [9.17, 15) is 4.79 Å². The quantitative estimate of drug-likeness (QED) is 0.781. The van der Waals surface area contributed by atoms with E-state index in [-0.39, 0.29) is 5.91 Å². The van der Waals surface area contributed by atoms with E-state index in [2.05, 4.69) is 10.6 Å². The van der Waals surface area contributed by atoms with E-state index in [1.165, 1.54) is 12.8 Å². The standard InChI is InChI=1S/C12H16N2O/c1-13-12(15)8-9-4-2-3-5-11(9)14-10-6-7-10/h2-5,10,14H,6-8H2,1H3,(H,13,15). The average Bonchev–Trinajstić information content (AvgIpc) is 3.04. The van der Waals surface area contributed by atoms with Crippen LogP contribution in [0.5, 0.6) is 0 Å². The van der Waals surface area contributed by atoms with Crippen molar-refractivity contribution in [3.8, 4) is 0 Å². The first-order chi connectivity index (χ1) is 7.29. The molecular formula is C12H16N2O. The number of hydrogen-bond acceptors (Lipinski definition) is 2. The van der Waals surface area contributed by atoms with Gasteiger partial charge in [-0.25, -0.2) is 0 Å². The van der Waals surface area contributed by atoms with E-state index in [4.69, 9.17) is 0 Å². The zero-order valence-electron chi connectivity index (χ0n) is 8.92. The molecule has 3 nitrogen and oxygen atoms in total. The fourth-order valence-electron chi connectivity index (χ4n) is 1.52. The van der Waals surface area contributed by atoms with Crippen molar-refractivity contribution < 1.29 is 4.79 Å².